The predicted molar refractivity (Wildman–Crippen MR) is 106 cm³/mol. The summed E-state index contributed by atoms with van der Waals surface area (Å²) in [5.41, 5.74) is 0.648. The van der Waals surface area contributed by atoms with Gasteiger partial charge in [0.2, 0.25) is 5.13 Å². The van der Waals surface area contributed by atoms with Crippen LogP contribution in [-0.4, -0.2) is 43.7 Å². The molecule has 1 N–H and O–H groups in total. The maximum atomic E-state index is 12.1. The third-order valence-corrected chi connectivity index (χ3v) is 5.40. The van der Waals surface area contributed by atoms with Crippen LogP contribution in [0.4, 0.5) is 5.13 Å². The number of nitrogens with one attached hydrogen (secondary N) is 1. The monoisotopic (exact) mass is 419 g/mol. The van der Waals surface area contributed by atoms with Gasteiger partial charge < -0.3 is 9.47 Å². The number of benzene rings is 2. The topological polar surface area (TPSA) is 107 Å². The molecular formula is C18H17N3O5S2. The van der Waals surface area contributed by atoms with Gasteiger partial charge in [-0.05, 0) is 36.4 Å². The molecule has 0 aliphatic rings. The molecular weight excluding hydrogens is 402 g/mol. The Morgan fingerprint density at radius 1 is 1.11 bits per heavy atom. The number of carbonyl (C=O) groups excluding carboxylic acids is 1. The van der Waals surface area contributed by atoms with Crippen LogP contribution in [0.5, 0.6) is 11.5 Å². The Morgan fingerprint density at radius 2 is 1.79 bits per heavy atom. The zero-order chi connectivity index (χ0) is 20.1. The van der Waals surface area contributed by atoms with E-state index in [1.807, 2.05) is 0 Å². The van der Waals surface area contributed by atoms with Gasteiger partial charge in [-0.2, -0.15) is 9.36 Å². The molecule has 0 bridgehead atoms. The van der Waals surface area contributed by atoms with Gasteiger partial charge in [0.25, 0.3) is 5.91 Å². The average Bonchev–Trinajstić information content (AvgIpc) is 3.14. The number of sulfone groups is 1. The van der Waals surface area contributed by atoms with Crippen molar-refractivity contribution in [1.29, 1.82) is 0 Å². The zero-order valence-electron chi connectivity index (χ0n) is 15.1. The number of rotatable bonds is 7. The van der Waals surface area contributed by atoms with E-state index >= 15 is 0 Å². The number of hydrogen-bond acceptors (Lipinski definition) is 8. The molecule has 0 radical (unpaired) electrons. The van der Waals surface area contributed by atoms with E-state index in [9.17, 15) is 13.2 Å². The summed E-state index contributed by atoms with van der Waals surface area (Å²) in [5.74, 6) is 1.00. The molecule has 1 amide bonds. The number of hydrogen-bond donors (Lipinski definition) is 1. The van der Waals surface area contributed by atoms with Crippen LogP contribution in [-0.2, 0) is 14.6 Å². The maximum absolute atomic E-state index is 12.1. The second kappa shape index (κ2) is 8.36. The summed E-state index contributed by atoms with van der Waals surface area (Å²) in [7, 11) is -1.74. The second-order valence-electron chi connectivity index (χ2n) is 5.71. The molecule has 0 saturated carbocycles. The predicted octanol–water partition coefficient (Wildman–Crippen LogP) is 2.63. The fourth-order valence-electron chi connectivity index (χ4n) is 2.28. The Balaban J connectivity index is 1.62. The Morgan fingerprint density at radius 3 is 2.43 bits per heavy atom. The van der Waals surface area contributed by atoms with E-state index in [-0.39, 0.29) is 17.4 Å². The van der Waals surface area contributed by atoms with E-state index in [1.165, 1.54) is 19.2 Å². The first-order valence-electron chi connectivity index (χ1n) is 8.06. The molecule has 1 heterocycles. The van der Waals surface area contributed by atoms with Gasteiger partial charge in [-0.25, -0.2) is 8.42 Å². The summed E-state index contributed by atoms with van der Waals surface area (Å²) in [6.45, 7) is -0.210. The van der Waals surface area contributed by atoms with Crippen molar-refractivity contribution in [2.75, 3.05) is 25.3 Å². The highest BCUT2D eigenvalue weighted by Gasteiger charge is 2.13. The molecule has 0 unspecified atom stereocenters. The third-order valence-electron chi connectivity index (χ3n) is 3.64. The number of methoxy groups -OCH3 is 1. The largest absolute Gasteiger partial charge is 0.493 e. The lowest BCUT2D eigenvalue weighted by atomic mass is 10.2. The summed E-state index contributed by atoms with van der Waals surface area (Å²) >= 11 is 1.02. The highest BCUT2D eigenvalue weighted by Crippen LogP contribution is 2.26. The van der Waals surface area contributed by atoms with Crippen molar-refractivity contribution in [2.45, 2.75) is 4.90 Å². The van der Waals surface area contributed by atoms with Gasteiger partial charge in [0.1, 0.15) is 0 Å². The molecule has 2 aromatic carbocycles. The van der Waals surface area contributed by atoms with Crippen LogP contribution in [0.3, 0.4) is 0 Å². The first-order valence-corrected chi connectivity index (χ1v) is 10.7. The zero-order valence-corrected chi connectivity index (χ0v) is 16.7. The van der Waals surface area contributed by atoms with Gasteiger partial charge in [-0.15, -0.1) is 0 Å². The smallest absolute Gasteiger partial charge is 0.264 e. The molecule has 3 aromatic rings. The lowest BCUT2D eigenvalue weighted by molar-refractivity contribution is -0.118. The van der Waals surface area contributed by atoms with Crippen molar-refractivity contribution in [2.24, 2.45) is 0 Å². The number of nitrogens with zero attached hydrogens (tertiary/aromatic N) is 2. The highest BCUT2D eigenvalue weighted by molar-refractivity contribution is 7.90. The SMILES string of the molecule is COc1ccccc1OCC(=O)Nc1nc(-c2ccc(S(C)(=O)=O)cc2)ns1. The Kier molecular flexibility index (Phi) is 5.90. The number of aromatic nitrogens is 2. The summed E-state index contributed by atoms with van der Waals surface area (Å²) < 4.78 is 37.8. The molecule has 3 rings (SSSR count). The van der Waals surface area contributed by atoms with Gasteiger partial charge in [-0.3, -0.25) is 10.1 Å². The number of ether oxygens (including phenoxy) is 2. The first-order chi connectivity index (χ1) is 13.4. The second-order valence-corrected chi connectivity index (χ2v) is 8.47. The fraction of sp³-hybridized carbons (Fsp3) is 0.167. The van der Waals surface area contributed by atoms with Crippen LogP contribution >= 0.6 is 11.5 Å². The average molecular weight is 419 g/mol. The van der Waals surface area contributed by atoms with E-state index in [2.05, 4.69) is 14.7 Å². The molecule has 0 aliphatic carbocycles. The Labute approximate surface area is 166 Å². The van der Waals surface area contributed by atoms with Crippen molar-refractivity contribution in [3.63, 3.8) is 0 Å². The van der Waals surface area contributed by atoms with Crippen molar-refractivity contribution >= 4 is 32.4 Å². The van der Waals surface area contributed by atoms with Crippen LogP contribution in [0.15, 0.2) is 53.4 Å². The Bertz CT molecular complexity index is 1080. The summed E-state index contributed by atoms with van der Waals surface area (Å²) in [4.78, 5) is 16.5. The Hall–Kier alpha value is -2.98. The highest BCUT2D eigenvalue weighted by atomic mass is 32.2. The molecule has 0 saturated heterocycles. The number of anilines is 1. The van der Waals surface area contributed by atoms with Gasteiger partial charge in [0, 0.05) is 23.4 Å². The molecule has 0 atom stereocenters. The molecule has 0 aliphatic heterocycles. The van der Waals surface area contributed by atoms with Crippen molar-refractivity contribution in [3.8, 4) is 22.9 Å². The van der Waals surface area contributed by atoms with Crippen molar-refractivity contribution in [3.05, 3.63) is 48.5 Å². The normalized spacial score (nSPS) is 11.1. The van der Waals surface area contributed by atoms with E-state index in [4.69, 9.17) is 9.47 Å². The van der Waals surface area contributed by atoms with Crippen molar-refractivity contribution in [1.82, 2.24) is 9.36 Å². The molecule has 8 nitrogen and oxygen atoms in total. The number of amides is 1. The molecule has 28 heavy (non-hydrogen) atoms. The minimum Gasteiger partial charge on any atom is -0.493 e. The minimum atomic E-state index is -3.26. The quantitative estimate of drug-likeness (QED) is 0.627. The number of carbonyl (C=O) groups is 1. The molecule has 146 valence electrons. The summed E-state index contributed by atoms with van der Waals surface area (Å²) in [5, 5.41) is 2.94. The maximum Gasteiger partial charge on any atom is 0.264 e. The van der Waals surface area contributed by atoms with Crippen LogP contribution in [0.1, 0.15) is 0 Å². The minimum absolute atomic E-state index is 0.210. The standard InChI is InChI=1S/C18H17N3O5S2/c1-25-14-5-3-4-6-15(14)26-11-16(22)19-18-20-17(21-27-18)12-7-9-13(10-8-12)28(2,23)24/h3-10H,11H2,1-2H3,(H,19,20,21,22). The van der Waals surface area contributed by atoms with Crippen LogP contribution in [0, 0.1) is 0 Å². The molecule has 1 aromatic heterocycles. The third kappa shape index (κ3) is 4.84. The van der Waals surface area contributed by atoms with Gasteiger partial charge in [-0.1, -0.05) is 12.1 Å². The molecule has 0 fully saturated rings. The van der Waals surface area contributed by atoms with E-state index in [1.54, 1.807) is 36.4 Å². The van der Waals surface area contributed by atoms with Gasteiger partial charge in [0.15, 0.2) is 33.8 Å². The van der Waals surface area contributed by atoms with Gasteiger partial charge in [0.05, 0.1) is 12.0 Å². The summed E-state index contributed by atoms with van der Waals surface area (Å²) in [6, 6.07) is 13.2. The van der Waals surface area contributed by atoms with Crippen molar-refractivity contribution < 1.29 is 22.7 Å². The first kappa shape index (κ1) is 19.8. The fourth-order valence-corrected chi connectivity index (χ4v) is 3.52. The number of para-hydroxylation sites is 2. The van der Waals surface area contributed by atoms with E-state index in [0.717, 1.165) is 17.8 Å². The van der Waals surface area contributed by atoms with Crippen LogP contribution < -0.4 is 14.8 Å². The van der Waals surface area contributed by atoms with E-state index in [0.29, 0.717) is 28.0 Å². The lowest BCUT2D eigenvalue weighted by Gasteiger charge is -2.09. The lowest BCUT2D eigenvalue weighted by Crippen LogP contribution is -2.20. The molecule has 0 spiro atoms. The summed E-state index contributed by atoms with van der Waals surface area (Å²) in [6.07, 6.45) is 1.14. The van der Waals surface area contributed by atoms with Crippen LogP contribution in [0.2, 0.25) is 0 Å². The van der Waals surface area contributed by atoms with E-state index < -0.39 is 9.84 Å². The molecule has 10 heteroatoms. The van der Waals surface area contributed by atoms with Crippen LogP contribution in [0.25, 0.3) is 11.4 Å². The van der Waals surface area contributed by atoms with Gasteiger partial charge >= 0.3 is 0 Å².